The largest absolute Gasteiger partial charge is 0 e. The molecule has 0 aliphatic rings. The van der Waals surface area contributed by atoms with Crippen LogP contribution in [0.5, 0.6) is 0 Å². The molecule has 0 bridgehead atoms. The number of nitriles is 1. The van der Waals surface area contributed by atoms with E-state index in [4.69, 9.17) is 9.40 Å². The molecular weight excluding hydrogens is 1040 g/mol. The molecule has 0 spiro atoms. The maximum absolute atomic E-state index is 9.47. The first-order chi connectivity index (χ1) is 31.0. The third-order valence-electron chi connectivity index (χ3n) is 11.8. The van der Waals surface area contributed by atoms with Gasteiger partial charge in [0.2, 0.25) is 5.71 Å². The number of nitrogens with zero attached hydrogens (tertiary/aromatic N) is 5. The van der Waals surface area contributed by atoms with Gasteiger partial charge >= 0.3 is 99.8 Å². The second-order valence-electron chi connectivity index (χ2n) is 17.8. The molecular formula is C57H49GeIrN5O-2. The molecule has 323 valence electrons. The van der Waals surface area contributed by atoms with Crippen LogP contribution in [0.1, 0.15) is 56.4 Å². The van der Waals surface area contributed by atoms with E-state index in [2.05, 4.69) is 169 Å². The minimum Gasteiger partial charge on any atom is 0 e. The first-order valence-electron chi connectivity index (χ1n) is 21.9. The molecule has 4 aromatic heterocycles. The molecule has 10 rings (SSSR count). The predicted molar refractivity (Wildman–Crippen MR) is 266 cm³/mol. The Morgan fingerprint density at radius 2 is 1.31 bits per heavy atom. The van der Waals surface area contributed by atoms with Crippen LogP contribution in [-0.4, -0.2) is 32.8 Å². The summed E-state index contributed by atoms with van der Waals surface area (Å²) >= 11 is -1.72. The van der Waals surface area contributed by atoms with Crippen molar-refractivity contribution in [3.05, 3.63) is 187 Å². The Kier molecular flexibility index (Phi) is 13.2. The molecule has 0 saturated heterocycles. The minimum absolute atomic E-state index is 0. The van der Waals surface area contributed by atoms with E-state index in [1.807, 2.05) is 60.8 Å². The molecule has 0 fully saturated rings. The zero-order valence-corrected chi connectivity index (χ0v) is 42.1. The fourth-order valence-electron chi connectivity index (χ4n) is 8.29. The van der Waals surface area contributed by atoms with Crippen LogP contribution in [-0.2, 0) is 20.1 Å². The Morgan fingerprint density at radius 1 is 0.646 bits per heavy atom. The van der Waals surface area contributed by atoms with E-state index in [1.165, 1.54) is 37.8 Å². The smallest absolute Gasteiger partial charge is 0 e. The van der Waals surface area contributed by atoms with Crippen molar-refractivity contribution in [1.82, 2.24) is 19.5 Å². The summed E-state index contributed by atoms with van der Waals surface area (Å²) in [4.78, 5) is 14.2. The topological polar surface area (TPSA) is 80.5 Å². The second kappa shape index (κ2) is 19.0. The molecule has 1 radical (unpaired) electrons. The normalized spacial score (nSPS) is 11.4. The summed E-state index contributed by atoms with van der Waals surface area (Å²) in [7, 11) is 0. The third kappa shape index (κ3) is 9.13. The van der Waals surface area contributed by atoms with Crippen LogP contribution in [0.3, 0.4) is 0 Å². The summed E-state index contributed by atoms with van der Waals surface area (Å²) in [5.74, 6) is 8.36. The average molecular weight is 1080 g/mol. The number of para-hydroxylation sites is 2. The van der Waals surface area contributed by atoms with Crippen molar-refractivity contribution < 1.29 is 24.5 Å². The van der Waals surface area contributed by atoms with Gasteiger partial charge in [0.05, 0.1) is 22.4 Å². The summed E-state index contributed by atoms with van der Waals surface area (Å²) in [5.41, 5.74) is 14.6. The van der Waals surface area contributed by atoms with Gasteiger partial charge in [-0.1, -0.05) is 105 Å². The van der Waals surface area contributed by atoms with Crippen molar-refractivity contribution in [2.45, 2.75) is 56.8 Å². The number of hydrogen-bond acceptors (Lipinski definition) is 5. The van der Waals surface area contributed by atoms with Gasteiger partial charge in [-0.15, -0.1) is 18.2 Å². The van der Waals surface area contributed by atoms with Gasteiger partial charge in [0.1, 0.15) is 11.8 Å². The summed E-state index contributed by atoms with van der Waals surface area (Å²) < 4.78 is 10.1. The molecule has 10 aromatic rings. The molecule has 4 heterocycles. The Hall–Kier alpha value is -6.43. The first-order valence-corrected chi connectivity index (χ1v) is 29.2. The van der Waals surface area contributed by atoms with E-state index in [0.29, 0.717) is 17.0 Å². The van der Waals surface area contributed by atoms with E-state index >= 15 is 0 Å². The van der Waals surface area contributed by atoms with E-state index in [9.17, 15) is 5.26 Å². The van der Waals surface area contributed by atoms with Crippen LogP contribution in [0.25, 0.3) is 83.7 Å². The zero-order valence-electron chi connectivity index (χ0n) is 37.6. The van der Waals surface area contributed by atoms with Crippen molar-refractivity contribution >= 4 is 50.8 Å². The standard InChI is InChI=1S/C43H33N4O.C14H16GeN.Ir/c1-26(2)36-23-31(30-19-17-29(18-20-30)28-11-6-5-7-12-28)24-37(27(3)4)40(36)47-39-16-9-8-15-38(39)46-42(47)35-14-10-13-33-34-22-21-32(25-44)45-43(34)48-41(33)35;1-15(2,3)13-9-10-14(16-11-13)12-7-5-4-6-8-12;/h5-13,15-24,26-27H,1-4H3;4-7,9-11H,1-3H3;/q2*-1;. The Bertz CT molecular complexity index is 3280. The Morgan fingerprint density at radius 3 is 1.94 bits per heavy atom. The average Bonchev–Trinajstić information content (AvgIpc) is 3.90. The number of hydrogen-bond donors (Lipinski definition) is 0. The number of rotatable bonds is 8. The SMILES string of the molecule is CC(C)c1cc(-c2ccc(-c3ccccc3)cc2)cc(C(C)C)c1-n1c(-c2[c-]ccc3c2oc2nc(C#N)ccc23)nc2ccccc21.[CH3][Ge]([CH3])([CH3])[c]1ccc(-c2[c-]cccc2)nc1.[Ir]. The van der Waals surface area contributed by atoms with Crippen LogP contribution < -0.4 is 4.40 Å². The van der Waals surface area contributed by atoms with Crippen molar-refractivity contribution in [3.8, 4) is 56.7 Å². The van der Waals surface area contributed by atoms with Crippen molar-refractivity contribution in [2.75, 3.05) is 0 Å². The molecule has 6 nitrogen and oxygen atoms in total. The molecule has 0 amide bonds. The Balaban J connectivity index is 0.000000287. The van der Waals surface area contributed by atoms with Gasteiger partial charge in [0.25, 0.3) is 0 Å². The molecule has 0 aliphatic heterocycles. The second-order valence-corrected chi connectivity index (χ2v) is 28.5. The number of aromatic nitrogens is 4. The summed E-state index contributed by atoms with van der Waals surface area (Å²) in [6.45, 7) is 9.03. The molecule has 0 unspecified atom stereocenters. The van der Waals surface area contributed by atoms with Gasteiger partial charge in [-0.05, 0) is 81.6 Å². The maximum Gasteiger partial charge on any atom is 0 e. The molecule has 0 N–H and O–H groups in total. The fourth-order valence-corrected chi connectivity index (χ4v) is 10.5. The zero-order chi connectivity index (χ0) is 44.5. The molecule has 0 saturated carbocycles. The van der Waals surface area contributed by atoms with E-state index in [-0.39, 0.29) is 31.9 Å². The number of imidazole rings is 1. The van der Waals surface area contributed by atoms with Crippen LogP contribution in [0, 0.1) is 23.5 Å². The number of furan rings is 1. The predicted octanol–water partition coefficient (Wildman–Crippen LogP) is 14.3. The van der Waals surface area contributed by atoms with Gasteiger partial charge in [0, 0.05) is 31.2 Å². The van der Waals surface area contributed by atoms with Gasteiger partial charge in [0.15, 0.2) is 0 Å². The summed E-state index contributed by atoms with van der Waals surface area (Å²) in [5, 5.41) is 11.2. The van der Waals surface area contributed by atoms with Crippen LogP contribution in [0.15, 0.2) is 162 Å². The first kappa shape index (κ1) is 45.2. The minimum atomic E-state index is -1.72. The molecule has 8 heteroatoms. The number of benzene rings is 6. The van der Waals surface area contributed by atoms with Gasteiger partial charge in [-0.25, -0.2) is 4.98 Å². The molecule has 65 heavy (non-hydrogen) atoms. The fraction of sp³-hybridized carbons (Fsp3) is 0.158. The van der Waals surface area contributed by atoms with Crippen LogP contribution in [0.4, 0.5) is 0 Å². The van der Waals surface area contributed by atoms with E-state index in [1.54, 1.807) is 6.07 Å². The van der Waals surface area contributed by atoms with Crippen molar-refractivity contribution in [1.29, 1.82) is 5.26 Å². The van der Waals surface area contributed by atoms with Crippen LogP contribution in [0.2, 0.25) is 17.3 Å². The quantitative estimate of drug-likeness (QED) is 0.112. The molecule has 6 aromatic carbocycles. The maximum atomic E-state index is 9.47. The van der Waals surface area contributed by atoms with Gasteiger partial charge < -0.3 is 8.98 Å². The third-order valence-corrected chi connectivity index (χ3v) is 16.0. The van der Waals surface area contributed by atoms with Crippen LogP contribution >= 0.6 is 0 Å². The van der Waals surface area contributed by atoms with Gasteiger partial charge in [-0.3, -0.25) is 4.98 Å². The van der Waals surface area contributed by atoms with Gasteiger partial charge in [-0.2, -0.15) is 5.26 Å². The number of pyridine rings is 2. The monoisotopic (exact) mass is 1090 g/mol. The number of fused-ring (bicyclic) bond motifs is 4. The van der Waals surface area contributed by atoms with Crippen molar-refractivity contribution in [2.24, 2.45) is 0 Å². The molecule has 0 atom stereocenters. The van der Waals surface area contributed by atoms with Crippen molar-refractivity contribution in [3.63, 3.8) is 0 Å². The van der Waals surface area contributed by atoms with E-state index in [0.717, 1.165) is 50.1 Å². The summed E-state index contributed by atoms with van der Waals surface area (Å²) in [6, 6.07) is 61.0. The van der Waals surface area contributed by atoms with E-state index < -0.39 is 13.3 Å². The Labute approximate surface area is 397 Å². The molecule has 0 aliphatic carbocycles. The summed E-state index contributed by atoms with van der Waals surface area (Å²) in [6.07, 6.45) is 2.04.